The molecule has 2 aromatic rings. The number of aromatic nitrogens is 2. The van der Waals surface area contributed by atoms with E-state index < -0.39 is 21.0 Å². The first-order valence-corrected chi connectivity index (χ1v) is 7.75. The van der Waals surface area contributed by atoms with E-state index in [1.165, 1.54) is 18.2 Å². The number of hydrogen-bond donors (Lipinski definition) is 1. The van der Waals surface area contributed by atoms with Crippen molar-refractivity contribution >= 4 is 33.4 Å². The Kier molecular flexibility index (Phi) is 4.09. The summed E-state index contributed by atoms with van der Waals surface area (Å²) in [6.45, 7) is 1.81. The summed E-state index contributed by atoms with van der Waals surface area (Å²) >= 11 is 0.898. The van der Waals surface area contributed by atoms with Gasteiger partial charge in [0.25, 0.3) is 5.91 Å². The summed E-state index contributed by atoms with van der Waals surface area (Å²) < 4.78 is 38.8. The molecule has 1 N–H and O–H groups in total. The molecule has 0 fully saturated rings. The van der Waals surface area contributed by atoms with Gasteiger partial charge < -0.3 is 5.32 Å². The number of nitrogens with one attached hydrogen (secondary N) is 1. The van der Waals surface area contributed by atoms with Crippen molar-refractivity contribution in [2.75, 3.05) is 5.32 Å². The molecule has 20 heavy (non-hydrogen) atoms. The van der Waals surface area contributed by atoms with Gasteiger partial charge in [-0.2, -0.15) is 8.42 Å². The minimum absolute atomic E-state index is 0.115. The zero-order chi connectivity index (χ0) is 14.8. The zero-order valence-corrected chi connectivity index (χ0v) is 12.0. The van der Waals surface area contributed by atoms with E-state index in [-0.39, 0.29) is 10.6 Å². The van der Waals surface area contributed by atoms with Crippen molar-refractivity contribution in [3.63, 3.8) is 0 Å². The predicted octanol–water partition coefficient (Wildman–Crippen LogP) is 2.01. The lowest BCUT2D eigenvalue weighted by Crippen LogP contribution is -2.14. The van der Waals surface area contributed by atoms with Crippen LogP contribution in [0.1, 0.15) is 22.3 Å². The average Bonchev–Trinajstić information content (AvgIpc) is 2.86. The summed E-state index contributed by atoms with van der Waals surface area (Å²) in [5, 5.41) is 6.15. The third-order valence-corrected chi connectivity index (χ3v) is 4.14. The van der Waals surface area contributed by atoms with Gasteiger partial charge in [-0.25, -0.2) is 0 Å². The number of nitrogens with zero attached hydrogens (tertiary/aromatic N) is 2. The fourth-order valence-corrected chi connectivity index (χ4v) is 2.84. The molecular formula is C11H10FN3O3S2. The van der Waals surface area contributed by atoms with Crippen molar-refractivity contribution in [1.82, 2.24) is 9.59 Å². The highest BCUT2D eigenvalue weighted by Gasteiger charge is 2.21. The lowest BCUT2D eigenvalue weighted by Gasteiger charge is -2.07. The molecule has 0 bridgehead atoms. The van der Waals surface area contributed by atoms with E-state index in [9.17, 15) is 17.1 Å². The van der Waals surface area contributed by atoms with Gasteiger partial charge in [0.05, 0.1) is 11.4 Å². The second kappa shape index (κ2) is 5.63. The van der Waals surface area contributed by atoms with E-state index in [0.29, 0.717) is 12.1 Å². The minimum atomic E-state index is -4.91. The van der Waals surface area contributed by atoms with Crippen LogP contribution in [0, 0.1) is 0 Å². The van der Waals surface area contributed by atoms with E-state index in [0.717, 1.165) is 17.6 Å². The summed E-state index contributed by atoms with van der Waals surface area (Å²) in [5.74, 6) is -0.562. The Balaban J connectivity index is 2.34. The van der Waals surface area contributed by atoms with Gasteiger partial charge >= 0.3 is 10.2 Å². The monoisotopic (exact) mass is 315 g/mol. The third-order valence-electron chi connectivity index (χ3n) is 2.49. The molecule has 1 aromatic heterocycles. The first kappa shape index (κ1) is 14.5. The molecular weight excluding hydrogens is 305 g/mol. The quantitative estimate of drug-likeness (QED) is 0.872. The Hall–Kier alpha value is -1.87. The molecule has 0 aliphatic rings. The van der Waals surface area contributed by atoms with Crippen molar-refractivity contribution < 1.29 is 17.1 Å². The van der Waals surface area contributed by atoms with Gasteiger partial charge in [0.15, 0.2) is 0 Å². The highest BCUT2D eigenvalue weighted by atomic mass is 32.3. The predicted molar refractivity (Wildman–Crippen MR) is 72.0 cm³/mol. The lowest BCUT2D eigenvalue weighted by molar-refractivity contribution is 0.102. The summed E-state index contributed by atoms with van der Waals surface area (Å²) in [6.07, 6.45) is 0.516. The second-order valence-corrected chi connectivity index (χ2v) is 5.86. The molecule has 0 aliphatic heterocycles. The van der Waals surface area contributed by atoms with Crippen molar-refractivity contribution in [3.8, 4) is 0 Å². The van der Waals surface area contributed by atoms with Crippen LogP contribution in [0.2, 0.25) is 0 Å². The highest BCUT2D eigenvalue weighted by Crippen LogP contribution is 2.24. The van der Waals surface area contributed by atoms with Crippen molar-refractivity contribution in [2.24, 2.45) is 0 Å². The van der Waals surface area contributed by atoms with Gasteiger partial charge in [-0.05, 0) is 30.1 Å². The van der Waals surface area contributed by atoms with Crippen LogP contribution in [-0.4, -0.2) is 23.9 Å². The average molecular weight is 315 g/mol. The highest BCUT2D eigenvalue weighted by molar-refractivity contribution is 7.86. The molecule has 0 saturated carbocycles. The van der Waals surface area contributed by atoms with Crippen molar-refractivity contribution in [3.05, 3.63) is 34.8 Å². The molecule has 1 heterocycles. The van der Waals surface area contributed by atoms with E-state index >= 15 is 0 Å². The molecule has 9 heteroatoms. The Morgan fingerprint density at radius 3 is 2.75 bits per heavy atom. The van der Waals surface area contributed by atoms with Crippen LogP contribution < -0.4 is 5.32 Å². The number of para-hydroxylation sites is 1. The maximum atomic E-state index is 13.1. The third kappa shape index (κ3) is 2.99. The molecule has 0 radical (unpaired) electrons. The normalized spacial score (nSPS) is 11.3. The van der Waals surface area contributed by atoms with Crippen molar-refractivity contribution in [1.29, 1.82) is 0 Å². The van der Waals surface area contributed by atoms with E-state index in [1.807, 2.05) is 6.92 Å². The van der Waals surface area contributed by atoms with Crippen LogP contribution in [0.25, 0.3) is 0 Å². The molecule has 0 unspecified atom stereocenters. The van der Waals surface area contributed by atoms with Gasteiger partial charge in [-0.3, -0.25) is 4.79 Å². The first-order valence-electron chi connectivity index (χ1n) is 5.59. The van der Waals surface area contributed by atoms with Crippen molar-refractivity contribution in [2.45, 2.75) is 18.2 Å². The number of carbonyl (C=O) groups is 1. The topological polar surface area (TPSA) is 89.0 Å². The molecule has 1 amide bonds. The largest absolute Gasteiger partial charge is 0.334 e. The number of carbonyl (C=O) groups excluding carboxylic acids is 1. The fourth-order valence-electron chi connectivity index (χ4n) is 1.57. The summed E-state index contributed by atoms with van der Waals surface area (Å²) in [5.41, 5.74) is 0.392. The first-order chi connectivity index (χ1) is 9.43. The number of halogens is 1. The molecule has 0 saturated heterocycles. The van der Waals surface area contributed by atoms with Crippen LogP contribution in [0.15, 0.2) is 29.2 Å². The maximum absolute atomic E-state index is 13.1. The molecule has 6 nitrogen and oxygen atoms in total. The molecule has 2 rings (SSSR count). The zero-order valence-electron chi connectivity index (χ0n) is 10.3. The number of amides is 1. The number of benzene rings is 1. The lowest BCUT2D eigenvalue weighted by atomic mass is 10.2. The molecule has 1 aromatic carbocycles. The fraction of sp³-hybridized carbons (Fsp3) is 0.182. The van der Waals surface area contributed by atoms with Crippen LogP contribution >= 0.6 is 11.5 Å². The Morgan fingerprint density at radius 1 is 1.40 bits per heavy atom. The number of aryl methyl sites for hydroxylation is 1. The van der Waals surface area contributed by atoms with Gasteiger partial charge in [-0.1, -0.05) is 23.5 Å². The minimum Gasteiger partial charge on any atom is -0.320 e. The number of rotatable bonds is 4. The Bertz CT molecular complexity index is 743. The van der Waals surface area contributed by atoms with Gasteiger partial charge in [0, 0.05) is 0 Å². The van der Waals surface area contributed by atoms with Crippen LogP contribution in [0.5, 0.6) is 0 Å². The Morgan fingerprint density at radius 2 is 2.10 bits per heavy atom. The maximum Gasteiger partial charge on any atom is 0.334 e. The SMILES string of the molecule is CCc1nnsc1C(=O)Nc1ccccc1S(=O)(=O)F. The van der Waals surface area contributed by atoms with Crippen LogP contribution in [-0.2, 0) is 16.6 Å². The number of anilines is 1. The van der Waals surface area contributed by atoms with E-state index in [4.69, 9.17) is 0 Å². The smallest absolute Gasteiger partial charge is 0.320 e. The van der Waals surface area contributed by atoms with E-state index in [1.54, 1.807) is 0 Å². The van der Waals surface area contributed by atoms with Gasteiger partial charge in [0.1, 0.15) is 9.77 Å². The van der Waals surface area contributed by atoms with Gasteiger partial charge in [-0.15, -0.1) is 8.98 Å². The number of hydrogen-bond acceptors (Lipinski definition) is 6. The molecule has 0 aliphatic carbocycles. The van der Waals surface area contributed by atoms with Crippen LogP contribution in [0.4, 0.5) is 9.57 Å². The standard InChI is InChI=1S/C11H10FN3O3S2/c1-2-7-10(19-15-14-7)11(16)13-8-5-3-4-6-9(8)20(12,17)18/h3-6H,2H2,1H3,(H,13,16). The summed E-state index contributed by atoms with van der Waals surface area (Å²) in [4.78, 5) is 11.7. The Labute approximate surface area is 119 Å². The molecule has 106 valence electrons. The summed E-state index contributed by atoms with van der Waals surface area (Å²) in [6, 6.07) is 5.25. The summed E-state index contributed by atoms with van der Waals surface area (Å²) in [7, 11) is -4.91. The van der Waals surface area contributed by atoms with Crippen LogP contribution in [0.3, 0.4) is 0 Å². The van der Waals surface area contributed by atoms with Gasteiger partial charge in [0.2, 0.25) is 0 Å². The molecule has 0 spiro atoms. The molecule has 0 atom stereocenters. The van der Waals surface area contributed by atoms with E-state index in [2.05, 4.69) is 14.9 Å². The second-order valence-electron chi connectivity index (χ2n) is 3.79.